The van der Waals surface area contributed by atoms with Crippen LogP contribution in [0.2, 0.25) is 0 Å². The fourth-order valence-electron chi connectivity index (χ4n) is 5.81. The monoisotopic (exact) mass is 568 g/mol. The molecule has 0 N–H and O–H groups in total. The molecule has 4 nitrogen and oxygen atoms in total. The molecule has 1 saturated carbocycles. The molecule has 2 aromatic carbocycles. The molecule has 0 unspecified atom stereocenters. The largest absolute Gasteiger partial charge is 0.494 e. The van der Waals surface area contributed by atoms with E-state index in [-0.39, 0.29) is 11.3 Å². The van der Waals surface area contributed by atoms with Gasteiger partial charge in [-0.25, -0.2) is 9.18 Å². The fraction of sp³-hybridized carbons (Fsp3) is 0.639. The van der Waals surface area contributed by atoms with Gasteiger partial charge in [-0.2, -0.15) is 0 Å². The lowest BCUT2D eigenvalue weighted by Gasteiger charge is -2.28. The second kappa shape index (κ2) is 19.5. The molecular formula is C36H53FO4. The van der Waals surface area contributed by atoms with Gasteiger partial charge < -0.3 is 14.2 Å². The van der Waals surface area contributed by atoms with Crippen LogP contribution in [0.1, 0.15) is 133 Å². The van der Waals surface area contributed by atoms with Gasteiger partial charge in [0.15, 0.2) is 11.6 Å². The average Bonchev–Trinajstić information content (AvgIpc) is 2.99. The minimum atomic E-state index is -0.602. The van der Waals surface area contributed by atoms with Crippen LogP contribution in [0.25, 0.3) is 0 Å². The lowest BCUT2D eigenvalue weighted by molar-refractivity contribution is 0.0734. The Labute approximate surface area is 248 Å². The van der Waals surface area contributed by atoms with Crippen LogP contribution < -0.4 is 14.2 Å². The summed E-state index contributed by atoms with van der Waals surface area (Å²) in [6.07, 6.45) is 21.8. The first-order valence-corrected chi connectivity index (χ1v) is 16.5. The lowest BCUT2D eigenvalue weighted by atomic mass is 9.78. The first kappa shape index (κ1) is 32.9. The number of hydrogen-bond donors (Lipinski definition) is 0. The normalized spacial score (nSPS) is 16.9. The SMILES string of the molecule is CCCCCCCOc1ccc(C(=O)Oc2ccc(OCCC[C@H]3CC[C@H](CCCCCCC)CC3)cc2)cc1F. The molecule has 0 atom stereocenters. The van der Waals surface area contributed by atoms with Gasteiger partial charge in [0, 0.05) is 0 Å². The zero-order valence-electron chi connectivity index (χ0n) is 25.6. The van der Waals surface area contributed by atoms with Crippen LogP contribution in [0.4, 0.5) is 4.39 Å². The van der Waals surface area contributed by atoms with Crippen molar-refractivity contribution in [2.45, 2.75) is 123 Å². The molecule has 1 fully saturated rings. The van der Waals surface area contributed by atoms with Crippen molar-refractivity contribution < 1.29 is 23.4 Å². The van der Waals surface area contributed by atoms with Gasteiger partial charge in [-0.15, -0.1) is 0 Å². The number of ether oxygens (including phenoxy) is 3. The highest BCUT2D eigenvalue weighted by Crippen LogP contribution is 2.34. The van der Waals surface area contributed by atoms with E-state index in [2.05, 4.69) is 13.8 Å². The van der Waals surface area contributed by atoms with E-state index >= 15 is 0 Å². The maximum Gasteiger partial charge on any atom is 0.343 e. The van der Waals surface area contributed by atoms with Crippen molar-refractivity contribution in [1.29, 1.82) is 0 Å². The summed E-state index contributed by atoms with van der Waals surface area (Å²) in [7, 11) is 0. The van der Waals surface area contributed by atoms with Crippen molar-refractivity contribution in [2.75, 3.05) is 13.2 Å². The maximum absolute atomic E-state index is 14.4. The molecule has 0 heterocycles. The summed E-state index contributed by atoms with van der Waals surface area (Å²) < 4.78 is 31.4. The van der Waals surface area contributed by atoms with Crippen LogP contribution >= 0.6 is 0 Å². The number of halogens is 1. The fourth-order valence-corrected chi connectivity index (χ4v) is 5.81. The summed E-state index contributed by atoms with van der Waals surface area (Å²) in [5.41, 5.74) is 0.152. The minimum absolute atomic E-state index is 0.152. The summed E-state index contributed by atoms with van der Waals surface area (Å²) in [6, 6.07) is 11.3. The quantitative estimate of drug-likeness (QED) is 0.0905. The third-order valence-electron chi connectivity index (χ3n) is 8.42. The molecule has 0 bridgehead atoms. The van der Waals surface area contributed by atoms with E-state index in [0.29, 0.717) is 19.0 Å². The van der Waals surface area contributed by atoms with E-state index in [0.717, 1.165) is 36.8 Å². The summed E-state index contributed by atoms with van der Waals surface area (Å²) >= 11 is 0. The Kier molecular flexibility index (Phi) is 15.7. The van der Waals surface area contributed by atoms with Gasteiger partial charge >= 0.3 is 5.97 Å². The lowest BCUT2D eigenvalue weighted by Crippen LogP contribution is -2.15. The number of esters is 1. The zero-order valence-corrected chi connectivity index (χ0v) is 25.6. The highest BCUT2D eigenvalue weighted by Gasteiger charge is 2.20. The van der Waals surface area contributed by atoms with Crippen molar-refractivity contribution in [1.82, 2.24) is 0 Å². The van der Waals surface area contributed by atoms with Crippen LogP contribution in [0.5, 0.6) is 17.2 Å². The highest BCUT2D eigenvalue weighted by atomic mass is 19.1. The number of hydrogen-bond acceptors (Lipinski definition) is 4. The molecule has 3 rings (SSSR count). The van der Waals surface area contributed by atoms with E-state index in [9.17, 15) is 9.18 Å². The molecule has 1 aliphatic rings. The van der Waals surface area contributed by atoms with Crippen molar-refractivity contribution in [2.24, 2.45) is 11.8 Å². The van der Waals surface area contributed by atoms with Crippen LogP contribution in [0.15, 0.2) is 42.5 Å². The Hall–Kier alpha value is -2.56. The second-order valence-electron chi connectivity index (χ2n) is 11.8. The molecule has 5 heteroatoms. The Bertz CT molecular complexity index is 982. The van der Waals surface area contributed by atoms with E-state index in [1.807, 2.05) is 12.1 Å². The molecule has 228 valence electrons. The molecule has 0 radical (unpaired) electrons. The Morgan fingerprint density at radius 2 is 1.24 bits per heavy atom. The number of carbonyl (C=O) groups excluding carboxylic acids is 1. The second-order valence-corrected chi connectivity index (χ2v) is 11.8. The van der Waals surface area contributed by atoms with Gasteiger partial charge in [0.05, 0.1) is 18.8 Å². The predicted molar refractivity (Wildman–Crippen MR) is 166 cm³/mol. The molecule has 0 aliphatic heterocycles. The van der Waals surface area contributed by atoms with Crippen molar-refractivity contribution in [3.63, 3.8) is 0 Å². The number of rotatable bonds is 20. The molecule has 41 heavy (non-hydrogen) atoms. The van der Waals surface area contributed by atoms with Gasteiger partial charge in [-0.3, -0.25) is 0 Å². The Balaban J connectivity index is 1.29. The van der Waals surface area contributed by atoms with Crippen LogP contribution in [-0.2, 0) is 0 Å². The Morgan fingerprint density at radius 3 is 1.88 bits per heavy atom. The van der Waals surface area contributed by atoms with E-state index < -0.39 is 11.8 Å². The molecular weight excluding hydrogens is 515 g/mol. The number of benzene rings is 2. The minimum Gasteiger partial charge on any atom is -0.494 e. The third-order valence-corrected chi connectivity index (χ3v) is 8.42. The molecule has 2 aromatic rings. The van der Waals surface area contributed by atoms with Crippen molar-refractivity contribution in [3.05, 3.63) is 53.8 Å². The van der Waals surface area contributed by atoms with Gasteiger partial charge in [0.1, 0.15) is 11.5 Å². The third kappa shape index (κ3) is 12.9. The number of unbranched alkanes of at least 4 members (excludes halogenated alkanes) is 8. The topological polar surface area (TPSA) is 44.8 Å². The van der Waals surface area contributed by atoms with Crippen LogP contribution in [0.3, 0.4) is 0 Å². The highest BCUT2D eigenvalue weighted by molar-refractivity contribution is 5.91. The predicted octanol–water partition coefficient (Wildman–Crippen LogP) is 10.7. The van der Waals surface area contributed by atoms with E-state index in [1.54, 1.807) is 12.1 Å². The van der Waals surface area contributed by atoms with Gasteiger partial charge in [0.2, 0.25) is 0 Å². The summed E-state index contributed by atoms with van der Waals surface area (Å²) in [5, 5.41) is 0. The summed E-state index contributed by atoms with van der Waals surface area (Å²) in [4.78, 5) is 12.5. The first-order chi connectivity index (χ1) is 20.1. The van der Waals surface area contributed by atoms with Gasteiger partial charge in [0.25, 0.3) is 0 Å². The molecule has 0 amide bonds. The summed E-state index contributed by atoms with van der Waals surface area (Å²) in [6.45, 7) is 5.62. The van der Waals surface area contributed by atoms with E-state index in [4.69, 9.17) is 14.2 Å². The van der Waals surface area contributed by atoms with Crippen LogP contribution in [-0.4, -0.2) is 19.2 Å². The van der Waals surface area contributed by atoms with Crippen molar-refractivity contribution in [3.8, 4) is 17.2 Å². The zero-order chi connectivity index (χ0) is 29.1. The van der Waals surface area contributed by atoms with E-state index in [1.165, 1.54) is 108 Å². The van der Waals surface area contributed by atoms with Gasteiger partial charge in [-0.05, 0) is 73.6 Å². The van der Waals surface area contributed by atoms with Gasteiger partial charge in [-0.1, -0.05) is 104 Å². The molecule has 0 spiro atoms. The van der Waals surface area contributed by atoms with Crippen molar-refractivity contribution >= 4 is 5.97 Å². The maximum atomic E-state index is 14.4. The Morgan fingerprint density at radius 1 is 0.683 bits per heavy atom. The number of carbonyl (C=O) groups is 1. The molecule has 0 aromatic heterocycles. The average molecular weight is 569 g/mol. The molecule has 1 aliphatic carbocycles. The van der Waals surface area contributed by atoms with Crippen LogP contribution in [0, 0.1) is 17.7 Å². The standard InChI is InChI=1S/C36H53FO4/c1-3-5-7-9-11-14-29-16-18-30(19-17-29)15-13-27-39-32-21-23-33(24-22-32)41-36(38)31-20-25-35(34(37)28-31)40-26-12-10-8-6-4-2/h20-25,28-30H,3-19,26-27H2,1-2H3/t29-,30-. The smallest absolute Gasteiger partial charge is 0.343 e. The first-order valence-electron chi connectivity index (χ1n) is 16.5. The summed E-state index contributed by atoms with van der Waals surface area (Å²) in [5.74, 6) is 1.98. The molecule has 0 saturated heterocycles.